The summed E-state index contributed by atoms with van der Waals surface area (Å²) in [4.78, 5) is 31.6. The van der Waals surface area contributed by atoms with Gasteiger partial charge in [0.25, 0.3) is 11.8 Å². The number of amides is 2. The fourth-order valence-electron chi connectivity index (χ4n) is 2.63. The summed E-state index contributed by atoms with van der Waals surface area (Å²) in [7, 11) is 0. The molecule has 2 aromatic carbocycles. The summed E-state index contributed by atoms with van der Waals surface area (Å²) in [5.41, 5.74) is 1.77. The Hall–Kier alpha value is -3.19. The van der Waals surface area contributed by atoms with E-state index in [9.17, 15) is 9.59 Å². The van der Waals surface area contributed by atoms with Gasteiger partial charge >= 0.3 is 0 Å². The van der Waals surface area contributed by atoms with E-state index in [0.717, 1.165) is 5.56 Å². The lowest BCUT2D eigenvalue weighted by Gasteiger charge is -2.27. The van der Waals surface area contributed by atoms with Crippen molar-refractivity contribution in [1.29, 1.82) is 0 Å². The molecule has 0 atom stereocenters. The topological polar surface area (TPSA) is 80.2 Å². The Morgan fingerprint density at radius 2 is 1.78 bits per heavy atom. The van der Waals surface area contributed by atoms with Crippen molar-refractivity contribution in [2.24, 2.45) is 5.16 Å². The summed E-state index contributed by atoms with van der Waals surface area (Å²) in [6.07, 6.45) is 1.53. The lowest BCUT2D eigenvalue weighted by Crippen LogP contribution is -2.41. The molecule has 0 spiro atoms. The second-order valence-corrected chi connectivity index (χ2v) is 5.92. The van der Waals surface area contributed by atoms with E-state index in [1.807, 2.05) is 30.3 Å². The second kappa shape index (κ2) is 9.49. The number of anilines is 1. The van der Waals surface area contributed by atoms with Crippen molar-refractivity contribution >= 4 is 23.7 Å². The van der Waals surface area contributed by atoms with Crippen LogP contribution in [0.1, 0.15) is 15.9 Å². The lowest BCUT2D eigenvalue weighted by atomic mass is 10.1. The van der Waals surface area contributed by atoms with Crippen LogP contribution in [0.5, 0.6) is 0 Å². The van der Waals surface area contributed by atoms with Gasteiger partial charge in [0.2, 0.25) is 0 Å². The van der Waals surface area contributed by atoms with E-state index in [2.05, 4.69) is 10.5 Å². The predicted octanol–water partition coefficient (Wildman–Crippen LogP) is 2.15. The number of hydrogen-bond acceptors (Lipinski definition) is 5. The Labute approximate surface area is 157 Å². The third kappa shape index (κ3) is 5.39. The number of ether oxygens (including phenoxy) is 1. The molecule has 1 heterocycles. The number of carbonyl (C=O) groups is 2. The number of carbonyl (C=O) groups excluding carboxylic acids is 2. The highest BCUT2D eigenvalue weighted by atomic mass is 16.6. The molecule has 0 radical (unpaired) electrons. The molecular weight excluding hydrogens is 346 g/mol. The van der Waals surface area contributed by atoms with Crippen LogP contribution in [0.3, 0.4) is 0 Å². The summed E-state index contributed by atoms with van der Waals surface area (Å²) in [5, 5.41) is 6.49. The molecule has 7 nitrogen and oxygen atoms in total. The smallest absolute Gasteiger partial charge is 0.265 e. The number of para-hydroxylation sites is 1. The fourth-order valence-corrected chi connectivity index (χ4v) is 2.63. The largest absolute Gasteiger partial charge is 0.386 e. The van der Waals surface area contributed by atoms with Gasteiger partial charge in [-0.05, 0) is 17.7 Å². The lowest BCUT2D eigenvalue weighted by molar-refractivity contribution is -0.120. The quantitative estimate of drug-likeness (QED) is 0.627. The number of nitrogens with one attached hydrogen (secondary N) is 1. The van der Waals surface area contributed by atoms with Gasteiger partial charge in [-0.1, -0.05) is 47.6 Å². The maximum atomic E-state index is 12.7. The van der Waals surface area contributed by atoms with Crippen molar-refractivity contribution in [1.82, 2.24) is 4.90 Å². The van der Waals surface area contributed by atoms with Crippen LogP contribution in [-0.4, -0.2) is 55.8 Å². The minimum absolute atomic E-state index is 0.128. The summed E-state index contributed by atoms with van der Waals surface area (Å²) in [6, 6.07) is 16.3. The van der Waals surface area contributed by atoms with Gasteiger partial charge in [-0.15, -0.1) is 0 Å². The van der Waals surface area contributed by atoms with Crippen molar-refractivity contribution < 1.29 is 19.2 Å². The summed E-state index contributed by atoms with van der Waals surface area (Å²) < 4.78 is 5.27. The molecule has 0 saturated carbocycles. The normalized spacial score (nSPS) is 14.1. The van der Waals surface area contributed by atoms with Gasteiger partial charge in [0.15, 0.2) is 6.61 Å². The molecule has 7 heteroatoms. The third-order valence-electron chi connectivity index (χ3n) is 4.00. The maximum Gasteiger partial charge on any atom is 0.265 e. The molecule has 0 aromatic heterocycles. The highest BCUT2D eigenvalue weighted by Crippen LogP contribution is 2.18. The van der Waals surface area contributed by atoms with E-state index in [0.29, 0.717) is 37.6 Å². The van der Waals surface area contributed by atoms with Crippen LogP contribution in [0.25, 0.3) is 0 Å². The number of nitrogens with zero attached hydrogens (tertiary/aromatic N) is 2. The average Bonchev–Trinajstić information content (AvgIpc) is 2.72. The highest BCUT2D eigenvalue weighted by Gasteiger charge is 2.21. The molecule has 2 aromatic rings. The minimum atomic E-state index is -0.387. The number of oxime groups is 1. The van der Waals surface area contributed by atoms with E-state index in [1.54, 1.807) is 29.2 Å². The van der Waals surface area contributed by atoms with Crippen molar-refractivity contribution in [3.63, 3.8) is 0 Å². The van der Waals surface area contributed by atoms with Crippen LogP contribution in [-0.2, 0) is 14.4 Å². The molecule has 1 aliphatic heterocycles. The first kappa shape index (κ1) is 18.6. The number of hydrogen-bond donors (Lipinski definition) is 1. The van der Waals surface area contributed by atoms with E-state index >= 15 is 0 Å². The zero-order chi connectivity index (χ0) is 18.9. The average molecular weight is 367 g/mol. The Morgan fingerprint density at radius 1 is 1.07 bits per heavy atom. The van der Waals surface area contributed by atoms with Gasteiger partial charge in [0, 0.05) is 13.1 Å². The van der Waals surface area contributed by atoms with Crippen LogP contribution >= 0.6 is 0 Å². The summed E-state index contributed by atoms with van der Waals surface area (Å²) >= 11 is 0. The maximum absolute atomic E-state index is 12.7. The zero-order valence-electron chi connectivity index (χ0n) is 14.8. The van der Waals surface area contributed by atoms with Crippen molar-refractivity contribution in [3.8, 4) is 0 Å². The number of rotatable bonds is 6. The number of morpholine rings is 1. The molecule has 1 aliphatic rings. The second-order valence-electron chi connectivity index (χ2n) is 5.92. The van der Waals surface area contributed by atoms with Gasteiger partial charge in [-0.3, -0.25) is 9.59 Å². The Bertz CT molecular complexity index is 802. The van der Waals surface area contributed by atoms with Crippen LogP contribution in [0.15, 0.2) is 59.8 Å². The van der Waals surface area contributed by atoms with Crippen molar-refractivity contribution in [2.45, 2.75) is 0 Å². The molecule has 27 heavy (non-hydrogen) atoms. The molecule has 0 unspecified atom stereocenters. The van der Waals surface area contributed by atoms with Gasteiger partial charge in [0.05, 0.1) is 30.7 Å². The van der Waals surface area contributed by atoms with Gasteiger partial charge < -0.3 is 19.8 Å². The first-order valence-corrected chi connectivity index (χ1v) is 8.70. The van der Waals surface area contributed by atoms with E-state index < -0.39 is 0 Å². The molecule has 3 rings (SSSR count). The SMILES string of the molecule is O=C(CON=Cc1ccccc1)Nc1ccccc1C(=O)N1CCOCC1. The molecule has 140 valence electrons. The molecular formula is C20H21N3O4. The van der Waals surface area contributed by atoms with Crippen molar-refractivity contribution in [3.05, 3.63) is 65.7 Å². The van der Waals surface area contributed by atoms with Crippen LogP contribution < -0.4 is 5.32 Å². The molecule has 1 saturated heterocycles. The molecule has 0 bridgehead atoms. The Kier molecular flexibility index (Phi) is 6.54. The monoisotopic (exact) mass is 367 g/mol. The Balaban J connectivity index is 1.56. The molecule has 0 aliphatic carbocycles. The highest BCUT2D eigenvalue weighted by molar-refractivity contribution is 6.04. The minimum Gasteiger partial charge on any atom is -0.386 e. The van der Waals surface area contributed by atoms with E-state index in [1.165, 1.54) is 6.21 Å². The van der Waals surface area contributed by atoms with Crippen LogP contribution in [0.2, 0.25) is 0 Å². The van der Waals surface area contributed by atoms with Crippen molar-refractivity contribution in [2.75, 3.05) is 38.2 Å². The molecule has 2 amide bonds. The molecule has 1 fully saturated rings. The Morgan fingerprint density at radius 3 is 2.56 bits per heavy atom. The first-order valence-electron chi connectivity index (χ1n) is 8.70. The van der Waals surface area contributed by atoms with Gasteiger partial charge in [-0.25, -0.2) is 0 Å². The van der Waals surface area contributed by atoms with E-state index in [4.69, 9.17) is 9.57 Å². The summed E-state index contributed by atoms with van der Waals surface area (Å²) in [5.74, 6) is -0.514. The standard InChI is InChI=1S/C20H21N3O4/c24-19(15-27-21-14-16-6-2-1-3-7-16)22-18-9-5-4-8-17(18)20(25)23-10-12-26-13-11-23/h1-9,14H,10-13,15H2,(H,22,24). The van der Waals surface area contributed by atoms with E-state index in [-0.39, 0.29) is 18.4 Å². The van der Waals surface area contributed by atoms with Crippen LogP contribution in [0, 0.1) is 0 Å². The van der Waals surface area contributed by atoms with Gasteiger partial charge in [-0.2, -0.15) is 0 Å². The predicted molar refractivity (Wildman–Crippen MR) is 102 cm³/mol. The first-order chi connectivity index (χ1) is 13.2. The molecule has 1 N–H and O–H groups in total. The van der Waals surface area contributed by atoms with Gasteiger partial charge in [0.1, 0.15) is 0 Å². The van der Waals surface area contributed by atoms with Crippen LogP contribution in [0.4, 0.5) is 5.69 Å². The fraction of sp³-hybridized carbons (Fsp3) is 0.250. The zero-order valence-corrected chi connectivity index (χ0v) is 14.8. The number of benzene rings is 2. The third-order valence-corrected chi connectivity index (χ3v) is 4.00. The summed E-state index contributed by atoms with van der Waals surface area (Å²) in [6.45, 7) is 1.88.